The lowest BCUT2D eigenvalue weighted by molar-refractivity contribution is -0.143. The van der Waals surface area contributed by atoms with Gasteiger partial charge in [0.05, 0.1) is 12.5 Å². The zero-order chi connectivity index (χ0) is 26.9. The SMILES string of the molecule is CCCCN(CCCCO)C(=O)CN1C[C@H](c2ccc3c(c2)OCO3)[C@@H](C(=O)O)[C@@H]1CCc1ccncn1. The Balaban J connectivity index is 1.57. The van der Waals surface area contributed by atoms with Gasteiger partial charge in [-0.25, -0.2) is 9.97 Å². The van der Waals surface area contributed by atoms with E-state index in [4.69, 9.17) is 9.47 Å². The van der Waals surface area contributed by atoms with Gasteiger partial charge in [-0.05, 0) is 55.9 Å². The number of carbonyl (C=O) groups is 2. The fourth-order valence-electron chi connectivity index (χ4n) is 5.49. The van der Waals surface area contributed by atoms with E-state index in [9.17, 15) is 19.8 Å². The fraction of sp³-hybridized carbons (Fsp3) is 0.571. The number of likely N-dealkylation sites (tertiary alicyclic amines) is 1. The van der Waals surface area contributed by atoms with Crippen molar-refractivity contribution < 1.29 is 29.3 Å². The van der Waals surface area contributed by atoms with Crippen LogP contribution < -0.4 is 9.47 Å². The first kappa shape index (κ1) is 27.8. The molecule has 0 saturated carbocycles. The normalized spacial score (nSPS) is 20.5. The quantitative estimate of drug-likeness (QED) is 0.357. The summed E-state index contributed by atoms with van der Waals surface area (Å²) in [6.45, 7) is 4.20. The van der Waals surface area contributed by atoms with Gasteiger partial charge in [-0.1, -0.05) is 19.4 Å². The molecule has 1 fully saturated rings. The average Bonchev–Trinajstić information content (AvgIpc) is 3.54. The van der Waals surface area contributed by atoms with Crippen molar-refractivity contribution in [3.8, 4) is 11.5 Å². The number of hydrogen-bond acceptors (Lipinski definition) is 8. The van der Waals surface area contributed by atoms with Crippen LogP contribution in [0.3, 0.4) is 0 Å². The van der Waals surface area contributed by atoms with Crippen LogP contribution in [0.15, 0.2) is 36.8 Å². The molecule has 10 nitrogen and oxygen atoms in total. The van der Waals surface area contributed by atoms with Gasteiger partial charge in [0.2, 0.25) is 12.7 Å². The minimum atomic E-state index is -0.874. The van der Waals surface area contributed by atoms with Crippen LogP contribution in [0.25, 0.3) is 0 Å². The Morgan fingerprint density at radius 3 is 2.68 bits per heavy atom. The Bertz CT molecular complexity index is 1070. The Kier molecular flexibility index (Phi) is 9.89. The van der Waals surface area contributed by atoms with Crippen molar-refractivity contribution in [2.45, 2.75) is 57.4 Å². The van der Waals surface area contributed by atoms with Crippen LogP contribution in [0, 0.1) is 5.92 Å². The van der Waals surface area contributed by atoms with E-state index in [-0.39, 0.29) is 37.8 Å². The van der Waals surface area contributed by atoms with E-state index in [1.165, 1.54) is 6.33 Å². The second kappa shape index (κ2) is 13.5. The molecular weight excluding hydrogens is 488 g/mol. The summed E-state index contributed by atoms with van der Waals surface area (Å²) >= 11 is 0. The third-order valence-corrected chi connectivity index (χ3v) is 7.51. The van der Waals surface area contributed by atoms with Crippen LogP contribution in [-0.4, -0.2) is 87.5 Å². The van der Waals surface area contributed by atoms with E-state index < -0.39 is 11.9 Å². The van der Waals surface area contributed by atoms with Crippen LogP contribution in [-0.2, 0) is 16.0 Å². The largest absolute Gasteiger partial charge is 0.481 e. The number of ether oxygens (including phenoxy) is 2. The Morgan fingerprint density at radius 2 is 1.95 bits per heavy atom. The molecule has 2 N–H and O–H groups in total. The zero-order valence-electron chi connectivity index (χ0n) is 22.0. The number of benzene rings is 1. The van der Waals surface area contributed by atoms with Crippen LogP contribution in [0.5, 0.6) is 11.5 Å². The number of aliphatic carboxylic acids is 1. The molecule has 0 radical (unpaired) electrons. The van der Waals surface area contributed by atoms with E-state index in [1.54, 1.807) is 6.20 Å². The van der Waals surface area contributed by atoms with Gasteiger partial charge in [-0.2, -0.15) is 0 Å². The molecule has 3 heterocycles. The van der Waals surface area contributed by atoms with Gasteiger partial charge in [0.25, 0.3) is 0 Å². The topological polar surface area (TPSA) is 125 Å². The minimum Gasteiger partial charge on any atom is -0.481 e. The van der Waals surface area contributed by atoms with Crippen LogP contribution in [0.1, 0.15) is 56.2 Å². The van der Waals surface area contributed by atoms with E-state index in [0.29, 0.717) is 50.4 Å². The summed E-state index contributed by atoms with van der Waals surface area (Å²) in [6.07, 6.45) is 7.58. The predicted molar refractivity (Wildman–Crippen MR) is 140 cm³/mol. The van der Waals surface area contributed by atoms with E-state index in [0.717, 1.165) is 30.5 Å². The van der Waals surface area contributed by atoms with Crippen molar-refractivity contribution in [2.24, 2.45) is 5.92 Å². The van der Waals surface area contributed by atoms with Gasteiger partial charge in [-0.15, -0.1) is 0 Å². The molecule has 1 aromatic carbocycles. The summed E-state index contributed by atoms with van der Waals surface area (Å²) in [4.78, 5) is 38.4. The number of nitrogens with zero attached hydrogens (tertiary/aromatic N) is 4. The molecule has 10 heteroatoms. The highest BCUT2D eigenvalue weighted by atomic mass is 16.7. The molecule has 0 spiro atoms. The first-order valence-corrected chi connectivity index (χ1v) is 13.5. The maximum Gasteiger partial charge on any atom is 0.308 e. The third kappa shape index (κ3) is 6.79. The highest BCUT2D eigenvalue weighted by molar-refractivity contribution is 5.79. The van der Waals surface area contributed by atoms with Crippen molar-refractivity contribution >= 4 is 11.9 Å². The number of carboxylic acid groups (broad SMARTS) is 1. The summed E-state index contributed by atoms with van der Waals surface area (Å²) < 4.78 is 11.0. The number of aliphatic hydroxyl groups excluding tert-OH is 1. The van der Waals surface area contributed by atoms with Crippen molar-refractivity contribution in [2.75, 3.05) is 39.6 Å². The molecule has 2 aliphatic rings. The van der Waals surface area contributed by atoms with Crippen molar-refractivity contribution in [3.63, 3.8) is 0 Å². The van der Waals surface area contributed by atoms with Crippen molar-refractivity contribution in [1.82, 2.24) is 19.8 Å². The number of hydrogen-bond donors (Lipinski definition) is 2. The molecule has 1 amide bonds. The Labute approximate surface area is 223 Å². The molecule has 0 aliphatic carbocycles. The number of carboxylic acids is 1. The summed E-state index contributed by atoms with van der Waals surface area (Å²) in [5.74, 6) is -0.596. The predicted octanol–water partition coefficient (Wildman–Crippen LogP) is 2.71. The first-order valence-electron chi connectivity index (χ1n) is 13.5. The van der Waals surface area contributed by atoms with Gasteiger partial charge >= 0.3 is 5.97 Å². The van der Waals surface area contributed by atoms with E-state index in [2.05, 4.69) is 16.9 Å². The molecule has 0 unspecified atom stereocenters. The van der Waals surface area contributed by atoms with Gasteiger partial charge < -0.3 is 24.6 Å². The minimum absolute atomic E-state index is 0.00102. The van der Waals surface area contributed by atoms with Gasteiger partial charge in [0.1, 0.15) is 6.33 Å². The van der Waals surface area contributed by atoms with Crippen LogP contribution in [0.2, 0.25) is 0 Å². The third-order valence-electron chi connectivity index (χ3n) is 7.51. The van der Waals surface area contributed by atoms with Crippen LogP contribution >= 0.6 is 0 Å². The number of amides is 1. The zero-order valence-corrected chi connectivity index (χ0v) is 22.0. The molecule has 38 heavy (non-hydrogen) atoms. The molecule has 2 aromatic rings. The molecular formula is C28H38N4O6. The summed E-state index contributed by atoms with van der Waals surface area (Å²) in [5.41, 5.74) is 1.71. The molecule has 206 valence electrons. The van der Waals surface area contributed by atoms with Crippen LogP contribution in [0.4, 0.5) is 0 Å². The lowest BCUT2D eigenvalue weighted by Crippen LogP contribution is -2.45. The molecule has 3 atom stereocenters. The maximum absolute atomic E-state index is 13.5. The van der Waals surface area contributed by atoms with Crippen molar-refractivity contribution in [3.05, 3.63) is 48.0 Å². The highest BCUT2D eigenvalue weighted by Crippen LogP contribution is 2.43. The average molecular weight is 527 g/mol. The van der Waals surface area contributed by atoms with Gasteiger partial charge in [0.15, 0.2) is 11.5 Å². The summed E-state index contributed by atoms with van der Waals surface area (Å²) in [7, 11) is 0. The number of unbranched alkanes of at least 4 members (excludes halogenated alkanes) is 2. The summed E-state index contributed by atoms with van der Waals surface area (Å²) in [5, 5.41) is 19.6. The van der Waals surface area contributed by atoms with Crippen molar-refractivity contribution in [1.29, 1.82) is 0 Å². The maximum atomic E-state index is 13.5. The number of carbonyl (C=O) groups excluding carboxylic acids is 1. The lowest BCUT2D eigenvalue weighted by Gasteiger charge is -2.29. The number of aromatic nitrogens is 2. The lowest BCUT2D eigenvalue weighted by atomic mass is 9.83. The van der Waals surface area contributed by atoms with Gasteiger partial charge in [-0.3, -0.25) is 14.5 Å². The Morgan fingerprint density at radius 1 is 1.13 bits per heavy atom. The fourth-order valence-corrected chi connectivity index (χ4v) is 5.49. The molecule has 1 saturated heterocycles. The van der Waals surface area contributed by atoms with E-state index in [1.807, 2.05) is 34.1 Å². The number of aliphatic hydroxyl groups is 1. The number of rotatable bonds is 14. The monoisotopic (exact) mass is 526 g/mol. The molecule has 1 aromatic heterocycles. The smallest absolute Gasteiger partial charge is 0.308 e. The Hall–Kier alpha value is -3.24. The second-order valence-corrected chi connectivity index (χ2v) is 9.98. The second-order valence-electron chi connectivity index (χ2n) is 9.98. The number of fused-ring (bicyclic) bond motifs is 1. The standard InChI is InChI=1S/C28H38N4O6/c1-2-3-12-31(13-4-5-14-33)26(34)17-32-16-22(20-6-9-24-25(15-20)38-19-37-24)27(28(35)36)23(32)8-7-21-10-11-29-18-30-21/h6,9-11,15,18,22-23,27,33H,2-5,7-8,12-14,16-17,19H2,1H3,(H,35,36)/t22-,23+,27-/m1/s1. The van der Waals surface area contributed by atoms with Gasteiger partial charge in [0, 0.05) is 50.1 Å². The number of aryl methyl sites for hydroxylation is 1. The molecule has 0 bridgehead atoms. The highest BCUT2D eigenvalue weighted by Gasteiger charge is 2.47. The first-order chi connectivity index (χ1) is 18.5. The van der Waals surface area contributed by atoms with E-state index >= 15 is 0 Å². The molecule has 2 aliphatic heterocycles. The molecule has 4 rings (SSSR count). The summed E-state index contributed by atoms with van der Waals surface area (Å²) in [6, 6.07) is 7.10.